The Morgan fingerprint density at radius 1 is 0.853 bits per heavy atom. The molecule has 172 valence electrons. The predicted molar refractivity (Wildman–Crippen MR) is 134 cm³/mol. The molecule has 1 aliphatic carbocycles. The van der Waals surface area contributed by atoms with Crippen LogP contribution in [0.3, 0.4) is 0 Å². The Morgan fingerprint density at radius 3 is 2.24 bits per heavy atom. The monoisotopic (exact) mass is 451 g/mol. The van der Waals surface area contributed by atoms with Crippen molar-refractivity contribution in [1.82, 2.24) is 10.2 Å². The molecule has 5 heteroatoms. The number of nitrogens with one attached hydrogen (secondary N) is 1. The minimum atomic E-state index is -0.829. The second-order valence-electron chi connectivity index (χ2n) is 9.04. The van der Waals surface area contributed by atoms with Crippen molar-refractivity contribution in [3.8, 4) is 0 Å². The fourth-order valence-electron chi connectivity index (χ4n) is 4.93. The lowest BCUT2D eigenvalue weighted by Crippen LogP contribution is -2.55. The number of fused-ring (bicyclic) bond motifs is 1. The van der Waals surface area contributed by atoms with E-state index < -0.39 is 6.04 Å². The van der Waals surface area contributed by atoms with Gasteiger partial charge in [0.1, 0.15) is 0 Å². The molecule has 1 saturated carbocycles. The van der Waals surface area contributed by atoms with Gasteiger partial charge in [0.25, 0.3) is 5.91 Å². The van der Waals surface area contributed by atoms with E-state index in [1.54, 1.807) is 11.0 Å². The van der Waals surface area contributed by atoms with Crippen LogP contribution in [0.1, 0.15) is 53.6 Å². The highest BCUT2D eigenvalue weighted by atomic mass is 16.2. The molecule has 1 N–H and O–H groups in total. The van der Waals surface area contributed by atoms with Gasteiger partial charge in [-0.15, -0.1) is 0 Å². The molecule has 0 spiro atoms. The number of amides is 2. The van der Waals surface area contributed by atoms with Gasteiger partial charge in [-0.1, -0.05) is 92.1 Å². The van der Waals surface area contributed by atoms with Crippen molar-refractivity contribution >= 4 is 23.2 Å². The third-order valence-corrected chi connectivity index (χ3v) is 6.67. The van der Waals surface area contributed by atoms with Crippen molar-refractivity contribution in [2.75, 3.05) is 0 Å². The van der Waals surface area contributed by atoms with Gasteiger partial charge in [0, 0.05) is 12.6 Å². The molecule has 1 heterocycles. The molecule has 2 aliphatic rings. The van der Waals surface area contributed by atoms with Gasteiger partial charge < -0.3 is 10.2 Å². The molecule has 34 heavy (non-hydrogen) atoms. The quantitative estimate of drug-likeness (QED) is 0.574. The lowest BCUT2D eigenvalue weighted by atomic mass is 9.94. The van der Waals surface area contributed by atoms with Crippen molar-refractivity contribution in [3.63, 3.8) is 0 Å². The predicted octanol–water partition coefficient (Wildman–Crippen LogP) is 5.28. The van der Waals surface area contributed by atoms with Gasteiger partial charge in [-0.25, -0.2) is 4.99 Å². The minimum absolute atomic E-state index is 0.137. The third-order valence-electron chi connectivity index (χ3n) is 6.67. The number of aliphatic imine (C=N–C) groups is 1. The zero-order valence-corrected chi connectivity index (χ0v) is 19.2. The van der Waals surface area contributed by atoms with Crippen LogP contribution in [0.4, 0.5) is 5.69 Å². The highest BCUT2D eigenvalue weighted by Gasteiger charge is 2.39. The summed E-state index contributed by atoms with van der Waals surface area (Å²) in [6, 6.07) is 26.2. The van der Waals surface area contributed by atoms with Crippen LogP contribution in [0, 0.1) is 0 Å². The van der Waals surface area contributed by atoms with E-state index in [0.717, 1.165) is 36.8 Å². The molecule has 1 unspecified atom stereocenters. The number of benzene rings is 3. The van der Waals surface area contributed by atoms with E-state index in [1.807, 2.05) is 78.9 Å². The van der Waals surface area contributed by atoms with Crippen molar-refractivity contribution < 1.29 is 9.59 Å². The molecule has 2 amide bonds. The Bertz CT molecular complexity index is 1180. The number of nitrogens with zero attached hydrogens (tertiary/aromatic N) is 2. The smallest absolute Gasteiger partial charge is 0.257 e. The van der Waals surface area contributed by atoms with Gasteiger partial charge in [-0.3, -0.25) is 9.59 Å². The van der Waals surface area contributed by atoms with Gasteiger partial charge in [0.05, 0.1) is 17.0 Å². The average molecular weight is 452 g/mol. The van der Waals surface area contributed by atoms with Gasteiger partial charge in [-0.05, 0) is 36.1 Å². The minimum Gasteiger partial charge on any atom is -0.351 e. The second-order valence-corrected chi connectivity index (χ2v) is 9.04. The molecule has 0 saturated heterocycles. The first kappa shape index (κ1) is 22.1. The van der Waals surface area contributed by atoms with Crippen molar-refractivity contribution in [2.45, 2.75) is 50.7 Å². The Morgan fingerprint density at radius 2 is 1.50 bits per heavy atom. The van der Waals surface area contributed by atoms with Crippen LogP contribution in [0.5, 0.6) is 0 Å². The highest BCUT2D eigenvalue weighted by Crippen LogP contribution is 2.30. The first-order chi connectivity index (χ1) is 16.7. The van der Waals surface area contributed by atoms with Crippen molar-refractivity contribution in [3.05, 3.63) is 102 Å². The standard InChI is InChI=1S/C29H29N3O2/c33-28(30-23-16-8-3-9-17-23)27-26(22-14-6-2-7-15-22)31-25-19-11-10-18-24(25)29(34)32(27)20-21-12-4-1-5-13-21/h1-2,4-7,10-15,18-19,23,27H,3,8-9,16-17,20H2,(H,30,33). The summed E-state index contributed by atoms with van der Waals surface area (Å²) in [5.74, 6) is -0.343. The molecule has 1 fully saturated rings. The molecule has 0 radical (unpaired) electrons. The maximum atomic E-state index is 13.9. The summed E-state index contributed by atoms with van der Waals surface area (Å²) in [7, 11) is 0. The van der Waals surface area contributed by atoms with E-state index in [0.29, 0.717) is 23.5 Å². The molecular weight excluding hydrogens is 422 g/mol. The lowest BCUT2D eigenvalue weighted by Gasteiger charge is -2.33. The summed E-state index contributed by atoms with van der Waals surface area (Å²) in [6.07, 6.45) is 5.40. The summed E-state index contributed by atoms with van der Waals surface area (Å²) in [6.45, 7) is 0.322. The van der Waals surface area contributed by atoms with Crippen molar-refractivity contribution in [1.29, 1.82) is 0 Å². The van der Waals surface area contributed by atoms with E-state index in [4.69, 9.17) is 4.99 Å². The van der Waals surface area contributed by atoms with Gasteiger partial charge in [-0.2, -0.15) is 0 Å². The molecule has 1 atom stereocenters. The van der Waals surface area contributed by atoms with E-state index in [9.17, 15) is 9.59 Å². The molecule has 0 aromatic heterocycles. The molecule has 1 aliphatic heterocycles. The van der Waals surface area contributed by atoms with Crippen molar-refractivity contribution in [2.24, 2.45) is 4.99 Å². The van der Waals surface area contributed by atoms with E-state index in [1.165, 1.54) is 6.42 Å². The average Bonchev–Trinajstić information content (AvgIpc) is 3.01. The van der Waals surface area contributed by atoms with Crippen LogP contribution in [0.15, 0.2) is 89.9 Å². The molecule has 5 nitrogen and oxygen atoms in total. The molecule has 3 aromatic rings. The molecular formula is C29H29N3O2. The SMILES string of the molecule is O=C(NC1CCCCC1)C1C(c2ccccc2)=Nc2ccccc2C(=O)N1Cc1ccccc1. The zero-order chi connectivity index (χ0) is 23.3. The second kappa shape index (κ2) is 10.0. The number of carbonyl (C=O) groups is 2. The van der Waals surface area contributed by atoms with Crippen LogP contribution >= 0.6 is 0 Å². The van der Waals surface area contributed by atoms with Crippen LogP contribution in [0.2, 0.25) is 0 Å². The Labute approximate surface area is 200 Å². The van der Waals surface area contributed by atoms with Gasteiger partial charge >= 0.3 is 0 Å². The number of rotatable bonds is 5. The highest BCUT2D eigenvalue weighted by molar-refractivity contribution is 6.21. The zero-order valence-electron chi connectivity index (χ0n) is 19.2. The largest absolute Gasteiger partial charge is 0.351 e. The summed E-state index contributed by atoms with van der Waals surface area (Å²) in [5, 5.41) is 3.27. The van der Waals surface area contributed by atoms with E-state index in [-0.39, 0.29) is 17.9 Å². The molecule has 5 rings (SSSR count). The first-order valence-corrected chi connectivity index (χ1v) is 12.1. The van der Waals surface area contributed by atoms with Crippen LogP contribution in [0.25, 0.3) is 0 Å². The maximum Gasteiger partial charge on any atom is 0.257 e. The summed E-state index contributed by atoms with van der Waals surface area (Å²) < 4.78 is 0. The van der Waals surface area contributed by atoms with Crippen LogP contribution in [-0.2, 0) is 11.3 Å². The van der Waals surface area contributed by atoms with E-state index >= 15 is 0 Å². The van der Waals surface area contributed by atoms with Crippen LogP contribution < -0.4 is 5.32 Å². The number of hydrogen-bond acceptors (Lipinski definition) is 3. The normalized spacial score (nSPS) is 18.6. The van der Waals surface area contributed by atoms with Gasteiger partial charge in [0.2, 0.25) is 5.91 Å². The fourth-order valence-corrected chi connectivity index (χ4v) is 4.93. The number of para-hydroxylation sites is 1. The lowest BCUT2D eigenvalue weighted by molar-refractivity contribution is -0.124. The van der Waals surface area contributed by atoms with Crippen LogP contribution in [-0.4, -0.2) is 34.5 Å². The summed E-state index contributed by atoms with van der Waals surface area (Å²) >= 11 is 0. The topological polar surface area (TPSA) is 61.8 Å². The maximum absolute atomic E-state index is 13.9. The molecule has 3 aromatic carbocycles. The third kappa shape index (κ3) is 4.65. The summed E-state index contributed by atoms with van der Waals surface area (Å²) in [4.78, 5) is 34.4. The number of hydrogen-bond donors (Lipinski definition) is 1. The molecule has 0 bridgehead atoms. The Kier molecular flexibility index (Phi) is 6.52. The fraction of sp³-hybridized carbons (Fsp3) is 0.276. The van der Waals surface area contributed by atoms with E-state index in [2.05, 4.69) is 5.32 Å². The Balaban J connectivity index is 1.62. The first-order valence-electron chi connectivity index (χ1n) is 12.1. The number of carbonyl (C=O) groups excluding carboxylic acids is 2. The van der Waals surface area contributed by atoms with Gasteiger partial charge in [0.15, 0.2) is 6.04 Å². The Hall–Kier alpha value is -3.73. The summed E-state index contributed by atoms with van der Waals surface area (Å²) in [5.41, 5.74) is 3.52.